The van der Waals surface area contributed by atoms with Gasteiger partial charge >= 0.3 is 0 Å². The van der Waals surface area contributed by atoms with Gasteiger partial charge in [-0.1, -0.05) is 6.07 Å². The Balaban J connectivity index is 1.58. The third-order valence-corrected chi connectivity index (χ3v) is 4.24. The van der Waals surface area contributed by atoms with Crippen molar-refractivity contribution >= 4 is 23.4 Å². The number of carbonyl (C=O) groups is 3. The minimum absolute atomic E-state index is 0.204. The van der Waals surface area contributed by atoms with Crippen molar-refractivity contribution in [1.82, 2.24) is 10.2 Å². The van der Waals surface area contributed by atoms with Gasteiger partial charge in [0.05, 0.1) is 18.9 Å². The van der Waals surface area contributed by atoms with Gasteiger partial charge in [0.25, 0.3) is 5.91 Å². The fraction of sp³-hybridized carbons (Fsp3) is 0.471. The number of hydrogen-bond donors (Lipinski definition) is 1. The van der Waals surface area contributed by atoms with E-state index in [1.54, 1.807) is 24.3 Å². The van der Waals surface area contributed by atoms with Gasteiger partial charge in [0.15, 0.2) is 0 Å². The van der Waals surface area contributed by atoms with E-state index >= 15 is 0 Å². The molecule has 0 unspecified atom stereocenters. The first-order chi connectivity index (χ1) is 11.6. The molecule has 0 aromatic heterocycles. The van der Waals surface area contributed by atoms with Crippen molar-refractivity contribution in [3.63, 3.8) is 0 Å². The highest BCUT2D eigenvalue weighted by atomic mass is 16.5. The largest absolute Gasteiger partial charge is 0.379 e. The number of carbonyl (C=O) groups excluding carboxylic acids is 3. The minimum atomic E-state index is -0.218. The Bertz CT molecular complexity index is 624. The molecule has 2 aliphatic rings. The predicted molar refractivity (Wildman–Crippen MR) is 87.8 cm³/mol. The van der Waals surface area contributed by atoms with Crippen LogP contribution in [0.2, 0.25) is 0 Å². The average Bonchev–Trinajstić information content (AvgIpc) is 2.94. The molecule has 3 amide bonds. The first kappa shape index (κ1) is 16.6. The van der Waals surface area contributed by atoms with E-state index in [4.69, 9.17) is 4.74 Å². The number of nitrogens with zero attached hydrogens (tertiary/aromatic N) is 2. The second-order valence-electron chi connectivity index (χ2n) is 5.88. The summed E-state index contributed by atoms with van der Waals surface area (Å²) in [6.07, 6.45) is 0.462. The predicted octanol–water partition coefficient (Wildman–Crippen LogP) is 0.402. The maximum atomic E-state index is 12.3. The molecule has 24 heavy (non-hydrogen) atoms. The Morgan fingerprint density at radius 2 is 1.83 bits per heavy atom. The Morgan fingerprint density at radius 3 is 2.54 bits per heavy atom. The first-order valence-electron chi connectivity index (χ1n) is 8.19. The van der Waals surface area contributed by atoms with Crippen LogP contribution >= 0.6 is 0 Å². The molecule has 0 atom stereocenters. The van der Waals surface area contributed by atoms with Crippen molar-refractivity contribution in [1.29, 1.82) is 0 Å². The highest BCUT2D eigenvalue weighted by Crippen LogP contribution is 2.23. The van der Waals surface area contributed by atoms with Crippen LogP contribution in [0.1, 0.15) is 23.2 Å². The molecule has 128 valence electrons. The van der Waals surface area contributed by atoms with Gasteiger partial charge in [-0.25, -0.2) is 0 Å². The van der Waals surface area contributed by atoms with Gasteiger partial charge in [0.1, 0.15) is 0 Å². The topological polar surface area (TPSA) is 79.0 Å². The fourth-order valence-electron chi connectivity index (χ4n) is 2.91. The van der Waals surface area contributed by atoms with E-state index in [1.165, 1.54) is 0 Å². The van der Waals surface area contributed by atoms with Crippen molar-refractivity contribution in [2.75, 3.05) is 44.3 Å². The van der Waals surface area contributed by atoms with Crippen molar-refractivity contribution in [2.45, 2.75) is 12.8 Å². The molecule has 1 aromatic carbocycles. The lowest BCUT2D eigenvalue weighted by atomic mass is 10.1. The number of amides is 3. The van der Waals surface area contributed by atoms with Crippen LogP contribution in [0.25, 0.3) is 0 Å². The number of ether oxygens (including phenoxy) is 1. The van der Waals surface area contributed by atoms with Gasteiger partial charge in [0.2, 0.25) is 11.8 Å². The first-order valence-corrected chi connectivity index (χ1v) is 8.19. The summed E-state index contributed by atoms with van der Waals surface area (Å²) in [5.41, 5.74) is 0.908. The van der Waals surface area contributed by atoms with Gasteiger partial charge in [-0.15, -0.1) is 0 Å². The second-order valence-corrected chi connectivity index (χ2v) is 5.88. The molecule has 7 nitrogen and oxygen atoms in total. The quantitative estimate of drug-likeness (QED) is 0.790. The van der Waals surface area contributed by atoms with Gasteiger partial charge in [0, 0.05) is 44.6 Å². The molecule has 3 rings (SSSR count). The van der Waals surface area contributed by atoms with Crippen LogP contribution < -0.4 is 10.2 Å². The summed E-state index contributed by atoms with van der Waals surface area (Å²) in [5.74, 6) is -0.640. The average molecular weight is 331 g/mol. The third-order valence-electron chi connectivity index (χ3n) is 4.24. The van der Waals surface area contributed by atoms with Gasteiger partial charge < -0.3 is 10.1 Å². The maximum Gasteiger partial charge on any atom is 0.251 e. The number of hydrogen-bond acceptors (Lipinski definition) is 5. The zero-order valence-electron chi connectivity index (χ0n) is 13.5. The van der Waals surface area contributed by atoms with Gasteiger partial charge in [-0.3, -0.25) is 24.2 Å². The highest BCUT2D eigenvalue weighted by Gasteiger charge is 2.30. The molecular weight excluding hydrogens is 310 g/mol. The number of rotatable bonds is 5. The number of benzene rings is 1. The molecule has 2 fully saturated rings. The van der Waals surface area contributed by atoms with Crippen LogP contribution in [0.5, 0.6) is 0 Å². The van der Waals surface area contributed by atoms with Crippen LogP contribution in [-0.4, -0.2) is 62.0 Å². The fourth-order valence-corrected chi connectivity index (χ4v) is 2.91. The van der Waals surface area contributed by atoms with Crippen LogP contribution in [0.4, 0.5) is 5.69 Å². The number of morpholine rings is 1. The third kappa shape index (κ3) is 3.80. The number of anilines is 1. The zero-order valence-corrected chi connectivity index (χ0v) is 13.5. The van der Waals surface area contributed by atoms with Crippen molar-refractivity contribution in [3.05, 3.63) is 29.8 Å². The molecule has 2 saturated heterocycles. The summed E-state index contributed by atoms with van der Waals surface area (Å²) in [6.45, 7) is 4.54. The molecule has 0 aliphatic carbocycles. The molecule has 0 saturated carbocycles. The molecule has 7 heteroatoms. The SMILES string of the molecule is O=C(NCCN1CCOCC1)c1cccc(N2C(=O)CCC2=O)c1. The molecule has 2 heterocycles. The highest BCUT2D eigenvalue weighted by molar-refractivity contribution is 6.20. The van der Waals surface area contributed by atoms with E-state index in [9.17, 15) is 14.4 Å². The molecule has 0 spiro atoms. The lowest BCUT2D eigenvalue weighted by Crippen LogP contribution is -2.41. The number of nitrogens with one attached hydrogen (secondary N) is 1. The Hall–Kier alpha value is -2.25. The Labute approximate surface area is 140 Å². The van der Waals surface area contributed by atoms with E-state index in [2.05, 4.69) is 10.2 Å². The van der Waals surface area contributed by atoms with Crippen molar-refractivity contribution in [2.24, 2.45) is 0 Å². The van der Waals surface area contributed by atoms with Crippen LogP contribution in [-0.2, 0) is 14.3 Å². The molecule has 0 bridgehead atoms. The summed E-state index contributed by atoms with van der Waals surface area (Å²) in [5, 5.41) is 2.88. The van der Waals surface area contributed by atoms with Crippen LogP contribution in [0.15, 0.2) is 24.3 Å². The summed E-state index contributed by atoms with van der Waals surface area (Å²) in [6, 6.07) is 6.63. The normalized spacial score (nSPS) is 18.9. The number of imide groups is 1. The summed E-state index contributed by atoms with van der Waals surface area (Å²) >= 11 is 0. The second kappa shape index (κ2) is 7.55. The standard InChI is InChI=1S/C17H21N3O4/c21-15-4-5-16(22)20(15)14-3-1-2-13(12-14)17(23)18-6-7-19-8-10-24-11-9-19/h1-3,12H,4-11H2,(H,18,23). The molecule has 1 aromatic rings. The Kier molecular flexibility index (Phi) is 5.22. The maximum absolute atomic E-state index is 12.3. The molecule has 1 N–H and O–H groups in total. The Morgan fingerprint density at radius 1 is 1.12 bits per heavy atom. The summed E-state index contributed by atoms with van der Waals surface area (Å²) in [4.78, 5) is 39.3. The van der Waals surface area contributed by atoms with E-state index in [1.807, 2.05) is 0 Å². The monoisotopic (exact) mass is 331 g/mol. The van der Waals surface area contributed by atoms with Crippen molar-refractivity contribution in [3.8, 4) is 0 Å². The van der Waals surface area contributed by atoms with E-state index in [0.717, 1.165) is 37.7 Å². The van der Waals surface area contributed by atoms with Crippen LogP contribution in [0.3, 0.4) is 0 Å². The van der Waals surface area contributed by atoms with Gasteiger partial charge in [-0.2, -0.15) is 0 Å². The molecular formula is C17H21N3O4. The van der Waals surface area contributed by atoms with E-state index in [-0.39, 0.29) is 30.6 Å². The van der Waals surface area contributed by atoms with E-state index in [0.29, 0.717) is 17.8 Å². The lowest BCUT2D eigenvalue weighted by Gasteiger charge is -2.26. The van der Waals surface area contributed by atoms with Crippen LogP contribution in [0, 0.1) is 0 Å². The minimum Gasteiger partial charge on any atom is -0.379 e. The lowest BCUT2D eigenvalue weighted by molar-refractivity contribution is -0.121. The summed E-state index contributed by atoms with van der Waals surface area (Å²) in [7, 11) is 0. The summed E-state index contributed by atoms with van der Waals surface area (Å²) < 4.78 is 5.29. The molecule has 2 aliphatic heterocycles. The smallest absolute Gasteiger partial charge is 0.251 e. The van der Waals surface area contributed by atoms with E-state index < -0.39 is 0 Å². The zero-order chi connectivity index (χ0) is 16.9. The molecule has 0 radical (unpaired) electrons. The van der Waals surface area contributed by atoms with Crippen molar-refractivity contribution < 1.29 is 19.1 Å². The van der Waals surface area contributed by atoms with Gasteiger partial charge in [-0.05, 0) is 18.2 Å².